The highest BCUT2D eigenvalue weighted by Gasteiger charge is 2.23. The average Bonchev–Trinajstić information content (AvgIpc) is 2.41. The molecular formula is C17H13F2NO. The Morgan fingerprint density at radius 3 is 2.19 bits per heavy atom. The van der Waals surface area contributed by atoms with Crippen molar-refractivity contribution in [1.82, 2.24) is 0 Å². The van der Waals surface area contributed by atoms with E-state index in [0.717, 1.165) is 23.3 Å². The van der Waals surface area contributed by atoms with E-state index in [0.29, 0.717) is 11.6 Å². The molecule has 2 aromatic rings. The topological polar surface area (TPSA) is 40.9 Å². The summed E-state index contributed by atoms with van der Waals surface area (Å²) in [7, 11) is 0. The summed E-state index contributed by atoms with van der Waals surface area (Å²) < 4.78 is 26.5. The number of carbonyl (C=O) groups is 1. The van der Waals surface area contributed by atoms with Crippen LogP contribution in [0.4, 0.5) is 8.78 Å². The Labute approximate surface area is 121 Å². The molecule has 0 aliphatic heterocycles. The molecular weight excluding hydrogens is 272 g/mol. The van der Waals surface area contributed by atoms with Gasteiger partial charge in [0.25, 0.3) is 0 Å². The molecule has 21 heavy (non-hydrogen) atoms. The molecule has 0 bridgehead atoms. The van der Waals surface area contributed by atoms with E-state index in [1.807, 2.05) is 19.9 Å². The van der Waals surface area contributed by atoms with Gasteiger partial charge in [0.2, 0.25) is 0 Å². The first-order chi connectivity index (χ1) is 9.92. The zero-order chi connectivity index (χ0) is 15.6. The van der Waals surface area contributed by atoms with Gasteiger partial charge in [0.15, 0.2) is 5.78 Å². The summed E-state index contributed by atoms with van der Waals surface area (Å²) in [6.45, 7) is 3.77. The molecule has 0 aromatic heterocycles. The second kappa shape index (κ2) is 5.84. The van der Waals surface area contributed by atoms with Crippen LogP contribution in [0.15, 0.2) is 36.4 Å². The van der Waals surface area contributed by atoms with Crippen LogP contribution in [0.1, 0.15) is 33.0 Å². The minimum Gasteiger partial charge on any atom is -0.292 e. The van der Waals surface area contributed by atoms with E-state index in [1.165, 1.54) is 0 Å². The molecule has 0 N–H and O–H groups in total. The van der Waals surface area contributed by atoms with Crippen molar-refractivity contribution < 1.29 is 13.6 Å². The quantitative estimate of drug-likeness (QED) is 0.797. The van der Waals surface area contributed by atoms with E-state index in [9.17, 15) is 18.8 Å². The number of hydrogen-bond acceptors (Lipinski definition) is 2. The van der Waals surface area contributed by atoms with Crippen molar-refractivity contribution in [2.45, 2.75) is 19.8 Å². The fraction of sp³-hybridized carbons (Fsp3) is 0.176. The Morgan fingerprint density at radius 1 is 1.05 bits per heavy atom. The van der Waals surface area contributed by atoms with Crippen LogP contribution in [0.3, 0.4) is 0 Å². The van der Waals surface area contributed by atoms with Crippen molar-refractivity contribution in [1.29, 1.82) is 5.26 Å². The molecule has 0 fully saturated rings. The van der Waals surface area contributed by atoms with Crippen LogP contribution in [0.2, 0.25) is 0 Å². The van der Waals surface area contributed by atoms with Gasteiger partial charge in [0.1, 0.15) is 17.6 Å². The summed E-state index contributed by atoms with van der Waals surface area (Å²) in [6.07, 6.45) is 0. The summed E-state index contributed by atoms with van der Waals surface area (Å²) in [6, 6.07) is 9.62. The first-order valence-electron chi connectivity index (χ1n) is 6.39. The molecule has 0 spiro atoms. The Kier molecular flexibility index (Phi) is 4.13. The zero-order valence-corrected chi connectivity index (χ0v) is 11.7. The van der Waals surface area contributed by atoms with Gasteiger partial charge in [-0.2, -0.15) is 5.26 Å². The van der Waals surface area contributed by atoms with Crippen molar-refractivity contribution >= 4 is 5.78 Å². The lowest BCUT2D eigenvalue weighted by molar-refractivity contribution is 0.0978. The van der Waals surface area contributed by atoms with Gasteiger partial charge in [-0.1, -0.05) is 12.1 Å². The Balaban J connectivity index is 2.43. The van der Waals surface area contributed by atoms with E-state index >= 15 is 0 Å². The predicted molar refractivity (Wildman–Crippen MR) is 75.0 cm³/mol. The molecule has 0 saturated heterocycles. The molecule has 0 saturated carbocycles. The van der Waals surface area contributed by atoms with Crippen molar-refractivity contribution in [3.8, 4) is 6.07 Å². The van der Waals surface area contributed by atoms with Gasteiger partial charge >= 0.3 is 0 Å². The third kappa shape index (κ3) is 3.14. The van der Waals surface area contributed by atoms with Gasteiger partial charge in [-0.05, 0) is 48.7 Å². The van der Waals surface area contributed by atoms with Gasteiger partial charge < -0.3 is 0 Å². The van der Waals surface area contributed by atoms with Crippen molar-refractivity contribution in [3.63, 3.8) is 0 Å². The number of hydrogen-bond donors (Lipinski definition) is 0. The zero-order valence-electron chi connectivity index (χ0n) is 11.7. The average molecular weight is 285 g/mol. The van der Waals surface area contributed by atoms with Gasteiger partial charge in [0, 0.05) is 11.6 Å². The van der Waals surface area contributed by atoms with E-state index in [4.69, 9.17) is 0 Å². The van der Waals surface area contributed by atoms with Gasteiger partial charge in [0.05, 0.1) is 6.07 Å². The highest BCUT2D eigenvalue weighted by molar-refractivity contribution is 6.02. The normalized spacial score (nSPS) is 11.8. The first-order valence-corrected chi connectivity index (χ1v) is 6.39. The van der Waals surface area contributed by atoms with Crippen molar-refractivity contribution in [2.75, 3.05) is 0 Å². The first kappa shape index (κ1) is 14.9. The molecule has 0 amide bonds. The maximum atomic E-state index is 13.2. The third-order valence-electron chi connectivity index (χ3n) is 3.40. The minimum absolute atomic E-state index is 0.0261. The van der Waals surface area contributed by atoms with Crippen molar-refractivity contribution in [3.05, 3.63) is 70.3 Å². The van der Waals surface area contributed by atoms with Crippen LogP contribution in [-0.4, -0.2) is 5.78 Å². The Morgan fingerprint density at radius 2 is 1.67 bits per heavy atom. The SMILES string of the molecule is Cc1ccc(C(=O)C(C#N)c2cc(F)cc(F)c2)cc1C. The maximum Gasteiger partial charge on any atom is 0.184 e. The molecule has 4 heteroatoms. The molecule has 0 heterocycles. The van der Waals surface area contributed by atoms with Crippen LogP contribution in [0.5, 0.6) is 0 Å². The van der Waals surface area contributed by atoms with Gasteiger partial charge in [-0.25, -0.2) is 8.78 Å². The Hall–Kier alpha value is -2.54. The number of aryl methyl sites for hydroxylation is 2. The molecule has 0 aliphatic rings. The van der Waals surface area contributed by atoms with Crippen molar-refractivity contribution in [2.24, 2.45) is 0 Å². The molecule has 2 aromatic carbocycles. The number of halogens is 2. The second-order valence-electron chi connectivity index (χ2n) is 4.93. The minimum atomic E-state index is -1.22. The number of Topliss-reactive ketones (excluding diaryl/α,β-unsaturated/α-hetero) is 1. The molecule has 2 nitrogen and oxygen atoms in total. The smallest absolute Gasteiger partial charge is 0.184 e. The molecule has 106 valence electrons. The number of nitrogens with zero attached hydrogens (tertiary/aromatic N) is 1. The number of nitriles is 1. The fourth-order valence-electron chi connectivity index (χ4n) is 2.09. The van der Waals surface area contributed by atoms with E-state index in [1.54, 1.807) is 18.2 Å². The third-order valence-corrected chi connectivity index (χ3v) is 3.40. The molecule has 1 atom stereocenters. The van der Waals surface area contributed by atoms with Gasteiger partial charge in [-0.15, -0.1) is 0 Å². The van der Waals surface area contributed by atoms with Gasteiger partial charge in [-0.3, -0.25) is 4.79 Å². The maximum absolute atomic E-state index is 13.2. The lowest BCUT2D eigenvalue weighted by Crippen LogP contribution is -2.12. The lowest BCUT2D eigenvalue weighted by Gasteiger charge is -2.10. The number of benzene rings is 2. The summed E-state index contributed by atoms with van der Waals surface area (Å²) in [5, 5.41) is 9.20. The highest BCUT2D eigenvalue weighted by Crippen LogP contribution is 2.23. The summed E-state index contributed by atoms with van der Waals surface area (Å²) >= 11 is 0. The largest absolute Gasteiger partial charge is 0.292 e. The summed E-state index contributed by atoms with van der Waals surface area (Å²) in [4.78, 5) is 12.4. The lowest BCUT2D eigenvalue weighted by atomic mass is 9.90. The van der Waals surface area contributed by atoms with Crippen LogP contribution >= 0.6 is 0 Å². The fourth-order valence-corrected chi connectivity index (χ4v) is 2.09. The summed E-state index contributed by atoms with van der Waals surface area (Å²) in [5.41, 5.74) is 2.33. The van der Waals surface area contributed by atoms with Crippen LogP contribution in [0.25, 0.3) is 0 Å². The number of rotatable bonds is 3. The predicted octanol–water partition coefficient (Wildman–Crippen LogP) is 4.07. The van der Waals surface area contributed by atoms with Crippen LogP contribution in [-0.2, 0) is 0 Å². The monoisotopic (exact) mass is 285 g/mol. The number of ketones is 1. The van der Waals surface area contributed by atoms with Crippen LogP contribution in [0, 0.1) is 36.8 Å². The van der Waals surface area contributed by atoms with E-state index in [2.05, 4.69) is 0 Å². The standard InChI is InChI=1S/C17H13F2NO/c1-10-3-4-12(5-11(10)2)17(21)16(9-20)13-6-14(18)8-15(19)7-13/h3-8,16H,1-2H3. The van der Waals surface area contributed by atoms with Crippen LogP contribution < -0.4 is 0 Å². The Bertz CT molecular complexity index is 727. The molecule has 0 aliphatic carbocycles. The van der Waals surface area contributed by atoms with E-state index in [-0.39, 0.29) is 5.56 Å². The number of carbonyl (C=O) groups excluding carboxylic acids is 1. The van der Waals surface area contributed by atoms with E-state index < -0.39 is 23.3 Å². The molecule has 0 radical (unpaired) electrons. The molecule has 1 unspecified atom stereocenters. The summed E-state index contributed by atoms with van der Waals surface area (Å²) in [5.74, 6) is -3.31. The molecule has 2 rings (SSSR count). The second-order valence-corrected chi connectivity index (χ2v) is 4.93. The highest BCUT2D eigenvalue weighted by atomic mass is 19.1.